The zero-order valence-electron chi connectivity index (χ0n) is 71.2. The molecule has 0 aliphatic heterocycles. The van der Waals surface area contributed by atoms with Gasteiger partial charge in [-0.15, -0.1) is 0 Å². The minimum Gasteiger partial charge on any atom is -0.340 e. The van der Waals surface area contributed by atoms with Crippen molar-refractivity contribution < 1.29 is 0 Å². The van der Waals surface area contributed by atoms with Gasteiger partial charge in [0, 0.05) is 68.5 Å². The van der Waals surface area contributed by atoms with Crippen molar-refractivity contribution in [1.82, 2.24) is 13.7 Å². The van der Waals surface area contributed by atoms with Gasteiger partial charge in [0.25, 0.3) is 0 Å². The third-order valence-electron chi connectivity index (χ3n) is 25.3. The first-order valence-corrected chi connectivity index (χ1v) is 41.6. The molecule has 0 amide bonds. The van der Waals surface area contributed by atoms with Gasteiger partial charge in [0.15, 0.2) is 0 Å². The molecule has 0 fully saturated rings. The third kappa shape index (κ3) is 13.7. The maximum atomic E-state index is 2.63. The largest absolute Gasteiger partial charge is 0.340 e. The highest BCUT2D eigenvalue weighted by molar-refractivity contribution is 6.98. The summed E-state index contributed by atoms with van der Waals surface area (Å²) in [4.78, 5) is 0. The van der Waals surface area contributed by atoms with E-state index in [1.54, 1.807) is 0 Å². The van der Waals surface area contributed by atoms with E-state index in [0.717, 1.165) is 19.6 Å². The Morgan fingerprint density at radius 3 is 0.553 bits per heavy atom. The molecule has 16 rings (SSSR count). The van der Waals surface area contributed by atoms with E-state index in [1.165, 1.54) is 248 Å². The molecule has 0 aliphatic carbocycles. The molecule has 3 nitrogen and oxygen atoms in total. The Balaban J connectivity index is 0.841. The molecular weight excluding hydrogens is 1370 g/mol. The van der Waals surface area contributed by atoms with Gasteiger partial charge in [0.2, 0.25) is 20.1 Å². The van der Waals surface area contributed by atoms with Crippen LogP contribution in [0.2, 0.25) is 0 Å². The Morgan fingerprint density at radius 2 is 0.377 bits per heavy atom. The van der Waals surface area contributed by atoms with Gasteiger partial charge in [-0.1, -0.05) is 350 Å². The van der Waals surface area contributed by atoms with E-state index in [1.807, 2.05) is 0 Å². The van der Waals surface area contributed by atoms with Crippen molar-refractivity contribution in [2.45, 2.75) is 165 Å². The molecule has 0 N–H and O–H groups in total. The van der Waals surface area contributed by atoms with Crippen LogP contribution < -0.4 is 49.2 Å². The van der Waals surface area contributed by atoms with E-state index in [0.29, 0.717) is 0 Å². The Hall–Kier alpha value is -11.3. The maximum absolute atomic E-state index is 2.63. The molecule has 13 aromatic carbocycles. The molecule has 0 spiro atoms. The number of nitrogens with zero attached hydrogens (tertiary/aromatic N) is 3. The maximum Gasteiger partial charge on any atom is 0.242 e. The fourth-order valence-electron chi connectivity index (χ4n) is 21.2. The van der Waals surface area contributed by atoms with Crippen LogP contribution in [0.5, 0.6) is 0 Å². The molecule has 0 bridgehead atoms. The SMILES string of the molecule is CCn1c2ccc(/C=C/c3ccc(B(c4c(C)cc(C)cc4C)c4c(C)cc(C)cc4C)cc3)cc2c2c1c1c3cc(/C=C/c4ccc(B(c5c(C)cc(C)cc5C)c5c(C)cc(C)cc5C)cc4)ccc3n(CC)c1c1c3cc(/C=C/c4ccc(B(c5c(C)cc(C)cc5C)c5c(C)cc(C)cc5C)cc4)ccc3n(CC)c21. The second-order valence-corrected chi connectivity index (χ2v) is 33.9. The van der Waals surface area contributed by atoms with Gasteiger partial charge in [-0.05, 0) is 215 Å². The van der Waals surface area contributed by atoms with Crippen molar-refractivity contribution in [2.24, 2.45) is 0 Å². The lowest BCUT2D eigenvalue weighted by atomic mass is 9.34. The molecule has 0 atom stereocenters. The fourth-order valence-corrected chi connectivity index (χ4v) is 21.2. The van der Waals surface area contributed by atoms with Crippen LogP contribution in [0.25, 0.3) is 102 Å². The molecule has 0 aliphatic rings. The van der Waals surface area contributed by atoms with Crippen LogP contribution in [-0.2, 0) is 19.6 Å². The molecule has 114 heavy (non-hydrogen) atoms. The summed E-state index contributed by atoms with van der Waals surface area (Å²) in [6.07, 6.45) is 14.0. The Bertz CT molecular complexity index is 5690. The first-order chi connectivity index (χ1) is 54.8. The number of hydrogen-bond donors (Lipinski definition) is 0. The molecule has 564 valence electrons. The Kier molecular flexibility index (Phi) is 20.5. The van der Waals surface area contributed by atoms with Gasteiger partial charge in [0.1, 0.15) is 0 Å². The van der Waals surface area contributed by atoms with Crippen LogP contribution in [0.1, 0.15) is 154 Å². The number of hydrogen-bond acceptors (Lipinski definition) is 0. The smallest absolute Gasteiger partial charge is 0.242 e. The summed E-state index contributed by atoms with van der Waals surface area (Å²) in [5.74, 6) is 0. The van der Waals surface area contributed by atoms with Gasteiger partial charge in [-0.2, -0.15) is 0 Å². The number of aromatic nitrogens is 3. The predicted molar refractivity (Wildman–Crippen MR) is 506 cm³/mol. The zero-order chi connectivity index (χ0) is 80.1. The molecular formula is C108H108B3N3. The highest BCUT2D eigenvalue weighted by Gasteiger charge is 2.33. The van der Waals surface area contributed by atoms with Crippen molar-refractivity contribution >= 4 is 171 Å². The molecule has 0 radical (unpaired) electrons. The molecule has 3 aromatic heterocycles. The first-order valence-electron chi connectivity index (χ1n) is 41.6. The first kappa shape index (κ1) is 76.7. The highest BCUT2D eigenvalue weighted by atomic mass is 15.0. The van der Waals surface area contributed by atoms with E-state index < -0.39 is 0 Å². The quantitative estimate of drug-likeness (QED) is 0.0601. The number of rotatable bonds is 18. The third-order valence-corrected chi connectivity index (χ3v) is 25.3. The van der Waals surface area contributed by atoms with Crippen LogP contribution in [0, 0.1) is 125 Å². The average molecular weight is 1480 g/mol. The van der Waals surface area contributed by atoms with Gasteiger partial charge in [0.05, 0.1) is 16.6 Å². The van der Waals surface area contributed by atoms with Crippen molar-refractivity contribution in [3.05, 3.63) is 334 Å². The number of aryl methyl sites for hydroxylation is 21. The summed E-state index contributed by atoms with van der Waals surface area (Å²) in [5.41, 5.74) is 51.0. The van der Waals surface area contributed by atoms with Gasteiger partial charge in [-0.3, -0.25) is 0 Å². The number of fused-ring (bicyclic) bond motifs is 12. The van der Waals surface area contributed by atoms with Crippen molar-refractivity contribution in [3.63, 3.8) is 0 Å². The monoisotopic (exact) mass is 1480 g/mol. The molecule has 3 heterocycles. The minimum absolute atomic E-state index is 0.113. The molecule has 6 heteroatoms. The summed E-state index contributed by atoms with van der Waals surface area (Å²) >= 11 is 0. The topological polar surface area (TPSA) is 14.8 Å². The van der Waals surface area contributed by atoms with E-state index in [-0.39, 0.29) is 20.1 Å². The van der Waals surface area contributed by atoms with E-state index >= 15 is 0 Å². The van der Waals surface area contributed by atoms with Crippen LogP contribution in [0.15, 0.2) is 200 Å². The van der Waals surface area contributed by atoms with Crippen LogP contribution in [-0.4, -0.2) is 33.8 Å². The van der Waals surface area contributed by atoms with Crippen LogP contribution in [0.3, 0.4) is 0 Å². The molecule has 0 unspecified atom stereocenters. The van der Waals surface area contributed by atoms with Crippen LogP contribution >= 0.6 is 0 Å². The molecule has 16 aromatic rings. The number of benzene rings is 13. The average Bonchev–Trinajstić information content (AvgIpc) is 1.51. The lowest BCUT2D eigenvalue weighted by molar-refractivity contribution is 0.821. The summed E-state index contributed by atoms with van der Waals surface area (Å²) in [5, 5.41) is 7.75. The summed E-state index contributed by atoms with van der Waals surface area (Å²) in [7, 11) is 0. The summed E-state index contributed by atoms with van der Waals surface area (Å²) in [6, 6.07) is 78.2. The molecule has 0 saturated heterocycles. The van der Waals surface area contributed by atoms with Gasteiger partial charge < -0.3 is 13.7 Å². The normalized spacial score (nSPS) is 12.1. The van der Waals surface area contributed by atoms with Crippen LogP contribution in [0.4, 0.5) is 0 Å². The predicted octanol–water partition coefficient (Wildman–Crippen LogP) is 21.7. The Labute approximate surface area is 679 Å². The van der Waals surface area contributed by atoms with Gasteiger partial charge >= 0.3 is 0 Å². The van der Waals surface area contributed by atoms with E-state index in [2.05, 4.69) is 396 Å². The lowest BCUT2D eigenvalue weighted by Crippen LogP contribution is -2.55. The second-order valence-electron chi connectivity index (χ2n) is 33.9. The lowest BCUT2D eigenvalue weighted by Gasteiger charge is -2.24. The van der Waals surface area contributed by atoms with Crippen molar-refractivity contribution in [2.75, 3.05) is 0 Å². The van der Waals surface area contributed by atoms with Gasteiger partial charge in [-0.25, -0.2) is 0 Å². The highest BCUT2D eigenvalue weighted by Crippen LogP contribution is 2.49. The van der Waals surface area contributed by atoms with Crippen molar-refractivity contribution in [1.29, 1.82) is 0 Å². The molecule has 0 saturated carbocycles. The van der Waals surface area contributed by atoms with E-state index in [4.69, 9.17) is 0 Å². The standard InChI is InChI=1S/C108H108B3N3/c1-22-112-94-46-37-85(28-25-82-31-40-88(41-32-82)109(100-70(10)49-64(4)50-71(100)11)101-72(12)51-65(5)52-73(101)13)61-91(94)97-106(112)98-92-62-86(29-26-83-33-42-89(43-34-83)110(102-74(14)53-66(6)54-75(102)15)103-76(16)55-67(7)56-77(103)17)38-47-95(92)113(23-2)108(98)99-93-63-87(39-48-96(93)114(24-3)107(97)99)30-27-84-35-44-90(45-36-84)111(104-78(18)57-68(8)58-79(104)19)105-80(20)59-69(9)60-81(105)21/h25-63H,22-24H2,1-21H3/b28-25+,29-26+,30-27+. The Morgan fingerprint density at radius 1 is 0.211 bits per heavy atom. The summed E-state index contributed by atoms with van der Waals surface area (Å²) in [6.45, 7) is 50.7. The summed E-state index contributed by atoms with van der Waals surface area (Å²) < 4.78 is 7.89. The minimum atomic E-state index is 0.113. The second kappa shape index (κ2) is 30.5. The fraction of sp³-hybridized carbons (Fsp3) is 0.222. The van der Waals surface area contributed by atoms with Crippen molar-refractivity contribution in [3.8, 4) is 0 Å². The zero-order valence-corrected chi connectivity index (χ0v) is 71.2. The van der Waals surface area contributed by atoms with E-state index in [9.17, 15) is 0 Å².